The van der Waals surface area contributed by atoms with Crippen LogP contribution in [0.1, 0.15) is 65.4 Å². The van der Waals surface area contributed by atoms with Crippen LogP contribution in [0.4, 0.5) is 9.18 Å². The van der Waals surface area contributed by atoms with Crippen molar-refractivity contribution in [2.24, 2.45) is 11.8 Å². The molecule has 0 radical (unpaired) electrons. The number of hydrogen-bond donors (Lipinski definition) is 3. The van der Waals surface area contributed by atoms with E-state index in [2.05, 4.69) is 4.90 Å². The fraction of sp³-hybridized carbons (Fsp3) is 0.625. The van der Waals surface area contributed by atoms with E-state index in [4.69, 9.17) is 24.4 Å². The summed E-state index contributed by atoms with van der Waals surface area (Å²) in [6, 6.07) is 6.11. The molecule has 3 N–H and O–H groups in total. The SMILES string of the molecule is CC(O)C(=O)O.CC(OC(=O)OC1CCCCC1)OC(=O)C1=C(SC2CN(Cc3ccc(F)cc3)C2)[C@H](C)[C@@H]2[C@@H]([C@@H](C)O)C(=O)N12. The van der Waals surface area contributed by atoms with Gasteiger partial charge in [-0.15, -0.1) is 11.8 Å². The van der Waals surface area contributed by atoms with Gasteiger partial charge in [0.05, 0.1) is 18.1 Å². The summed E-state index contributed by atoms with van der Waals surface area (Å²) in [5.41, 5.74) is 1.19. The lowest BCUT2D eigenvalue weighted by Crippen LogP contribution is -2.63. The highest BCUT2D eigenvalue weighted by Crippen LogP contribution is 2.52. The molecule has 0 spiro atoms. The molecule has 3 fully saturated rings. The molecule has 2 unspecified atom stereocenters. The van der Waals surface area contributed by atoms with E-state index in [1.165, 1.54) is 30.9 Å². The Morgan fingerprint density at radius 1 is 1.02 bits per heavy atom. The minimum atomic E-state index is -1.23. The molecule has 0 bridgehead atoms. The number of nitrogens with zero attached hydrogens (tertiary/aromatic N) is 2. The van der Waals surface area contributed by atoms with Crippen LogP contribution in [-0.4, -0.2) is 98.1 Å². The van der Waals surface area contributed by atoms with Crippen LogP contribution in [0.5, 0.6) is 0 Å². The first-order chi connectivity index (χ1) is 21.8. The first-order valence-electron chi connectivity index (χ1n) is 15.6. The van der Waals surface area contributed by atoms with Crippen molar-refractivity contribution < 1.29 is 53.1 Å². The number of aliphatic carboxylic acids is 1. The molecule has 14 heteroatoms. The summed E-state index contributed by atoms with van der Waals surface area (Å²) in [5, 5.41) is 26.2. The van der Waals surface area contributed by atoms with Gasteiger partial charge in [-0.3, -0.25) is 9.69 Å². The molecule has 1 saturated carbocycles. The van der Waals surface area contributed by atoms with Crippen molar-refractivity contribution in [1.82, 2.24) is 9.80 Å². The number of aliphatic hydroxyl groups excluding tert-OH is 2. The highest BCUT2D eigenvalue weighted by molar-refractivity contribution is 8.03. The minimum absolute atomic E-state index is 0.163. The van der Waals surface area contributed by atoms with Gasteiger partial charge in [0.2, 0.25) is 12.2 Å². The lowest BCUT2D eigenvalue weighted by atomic mass is 9.79. The molecule has 4 aliphatic rings. The van der Waals surface area contributed by atoms with E-state index in [0.717, 1.165) is 55.7 Å². The highest BCUT2D eigenvalue weighted by atomic mass is 32.2. The third-order valence-electron chi connectivity index (χ3n) is 8.55. The zero-order valence-corrected chi connectivity index (χ0v) is 27.3. The van der Waals surface area contributed by atoms with E-state index in [0.29, 0.717) is 6.54 Å². The van der Waals surface area contributed by atoms with Gasteiger partial charge >= 0.3 is 18.1 Å². The number of thioether (sulfide) groups is 1. The summed E-state index contributed by atoms with van der Waals surface area (Å²) >= 11 is 1.55. The summed E-state index contributed by atoms with van der Waals surface area (Å²) in [7, 11) is 0. The van der Waals surface area contributed by atoms with Crippen molar-refractivity contribution in [1.29, 1.82) is 0 Å². The number of carbonyl (C=O) groups excluding carboxylic acids is 3. The van der Waals surface area contributed by atoms with Crippen LogP contribution in [0.25, 0.3) is 0 Å². The van der Waals surface area contributed by atoms with Crippen LogP contribution in [0.2, 0.25) is 0 Å². The molecular weight excluding hydrogens is 623 g/mol. The Morgan fingerprint density at radius 3 is 2.20 bits per heavy atom. The zero-order valence-electron chi connectivity index (χ0n) is 26.5. The summed E-state index contributed by atoms with van der Waals surface area (Å²) in [6.07, 6.45) is 0.365. The number of likely N-dealkylation sites (tertiary alicyclic amines) is 1. The third-order valence-corrected chi connectivity index (χ3v) is 10.00. The molecule has 3 heterocycles. The van der Waals surface area contributed by atoms with Crippen LogP contribution >= 0.6 is 11.8 Å². The van der Waals surface area contributed by atoms with Gasteiger partial charge < -0.3 is 34.4 Å². The van der Waals surface area contributed by atoms with Gasteiger partial charge in [-0.2, -0.15) is 0 Å². The fourth-order valence-corrected chi connectivity index (χ4v) is 7.71. The summed E-state index contributed by atoms with van der Waals surface area (Å²) in [5.74, 6) is -3.26. The van der Waals surface area contributed by atoms with E-state index >= 15 is 0 Å². The van der Waals surface area contributed by atoms with E-state index in [-0.39, 0.29) is 40.7 Å². The van der Waals surface area contributed by atoms with Crippen LogP contribution in [0.3, 0.4) is 0 Å². The Kier molecular flexibility index (Phi) is 12.1. The number of rotatable bonds is 10. The zero-order chi connectivity index (χ0) is 33.7. The van der Waals surface area contributed by atoms with E-state index in [1.54, 1.807) is 30.8 Å². The Morgan fingerprint density at radius 2 is 1.63 bits per heavy atom. The molecule has 1 aromatic carbocycles. The van der Waals surface area contributed by atoms with E-state index < -0.39 is 42.5 Å². The van der Waals surface area contributed by atoms with Gasteiger partial charge in [-0.25, -0.2) is 18.8 Å². The maximum atomic E-state index is 13.4. The number of carboxylic acids is 1. The number of esters is 1. The van der Waals surface area contributed by atoms with Crippen molar-refractivity contribution in [2.45, 2.75) is 102 Å². The molecule has 6 atom stereocenters. The second-order valence-corrected chi connectivity index (χ2v) is 13.6. The number of benzene rings is 1. The molecule has 1 aliphatic carbocycles. The van der Waals surface area contributed by atoms with Gasteiger partial charge in [0.1, 0.15) is 23.7 Å². The van der Waals surface area contributed by atoms with Gasteiger partial charge in [0, 0.05) is 42.6 Å². The van der Waals surface area contributed by atoms with Gasteiger partial charge in [0.25, 0.3) is 0 Å². The van der Waals surface area contributed by atoms with Crippen molar-refractivity contribution >= 4 is 35.8 Å². The Hall–Kier alpha value is -3.20. The molecule has 46 heavy (non-hydrogen) atoms. The quantitative estimate of drug-likeness (QED) is 0.189. The molecule has 1 amide bonds. The number of ether oxygens (including phenoxy) is 3. The number of carboxylic acid groups (broad SMARTS) is 1. The molecule has 1 aromatic rings. The monoisotopic (exact) mass is 666 g/mol. The molecule has 12 nitrogen and oxygen atoms in total. The second-order valence-electron chi connectivity index (χ2n) is 12.3. The lowest BCUT2D eigenvalue weighted by molar-refractivity contribution is -0.174. The number of amides is 1. The predicted octanol–water partition coefficient (Wildman–Crippen LogP) is 3.64. The number of hydrogen-bond acceptors (Lipinski definition) is 11. The molecule has 0 aromatic heterocycles. The molecule has 5 rings (SSSR count). The fourth-order valence-electron chi connectivity index (χ4n) is 6.14. The first kappa shape index (κ1) is 35.7. The van der Waals surface area contributed by atoms with Crippen molar-refractivity contribution in [3.8, 4) is 0 Å². The average molecular weight is 667 g/mol. The summed E-state index contributed by atoms with van der Waals surface area (Å²) in [4.78, 5) is 52.5. The van der Waals surface area contributed by atoms with Gasteiger partial charge in [-0.1, -0.05) is 25.5 Å². The third kappa shape index (κ3) is 8.58. The number of β-lactam (4-membered cyclic amide) rings is 1. The topological polar surface area (TPSA) is 163 Å². The lowest BCUT2D eigenvalue weighted by Gasteiger charge is -2.46. The van der Waals surface area contributed by atoms with Crippen molar-refractivity contribution in [3.05, 3.63) is 46.2 Å². The van der Waals surface area contributed by atoms with Crippen LogP contribution in [-0.2, 0) is 35.1 Å². The normalized spacial score (nSPS) is 25.2. The first-order valence-corrected chi connectivity index (χ1v) is 16.5. The smallest absolute Gasteiger partial charge is 0.479 e. The maximum absolute atomic E-state index is 13.4. The largest absolute Gasteiger partial charge is 0.511 e. The Labute approximate surface area is 271 Å². The standard InChI is InChI=1S/C29H37FN2O7S.C3H6O3/c1-16-24-23(17(2)33)27(34)32(24)25(28(35)37-18(3)38-29(36)39-21-7-5-4-6-8-21)26(16)40-22-14-31(15-22)13-19-9-11-20(30)12-10-19;1-2(4)3(5)6/h9-12,16-18,21-24,33H,4-8,13-15H2,1-3H3;2,4H,1H3,(H,5,6)/t16-,17-,18?,23-,24-;/m1./s1. The summed E-state index contributed by atoms with van der Waals surface area (Å²) < 4.78 is 29.3. The van der Waals surface area contributed by atoms with Crippen molar-refractivity contribution in [2.75, 3.05) is 13.1 Å². The van der Waals surface area contributed by atoms with E-state index in [9.17, 15) is 28.7 Å². The number of halogens is 1. The Bertz CT molecular complexity index is 1290. The predicted molar refractivity (Wildman–Crippen MR) is 164 cm³/mol. The van der Waals surface area contributed by atoms with Gasteiger partial charge in [0.15, 0.2) is 0 Å². The highest BCUT2D eigenvalue weighted by Gasteiger charge is 2.60. The maximum Gasteiger partial charge on any atom is 0.511 e. The number of fused-ring (bicyclic) bond motifs is 1. The molecule has 3 aliphatic heterocycles. The summed E-state index contributed by atoms with van der Waals surface area (Å²) in [6.45, 7) is 8.42. The van der Waals surface area contributed by atoms with E-state index in [1.807, 2.05) is 6.92 Å². The molecule has 2 saturated heterocycles. The van der Waals surface area contributed by atoms with Crippen LogP contribution in [0, 0.1) is 17.7 Å². The Balaban J connectivity index is 0.000000731. The van der Waals surface area contributed by atoms with Gasteiger partial charge in [-0.05, 0) is 57.2 Å². The van der Waals surface area contributed by atoms with Crippen LogP contribution in [0.15, 0.2) is 34.9 Å². The van der Waals surface area contributed by atoms with Crippen molar-refractivity contribution in [3.63, 3.8) is 0 Å². The molecular formula is C32H43FN2O10S. The minimum Gasteiger partial charge on any atom is -0.479 e. The number of aliphatic hydroxyl groups is 2. The number of carbonyl (C=O) groups is 4. The van der Waals surface area contributed by atoms with Crippen LogP contribution < -0.4 is 0 Å². The molecule has 254 valence electrons. The average Bonchev–Trinajstić information content (AvgIpc) is 3.20. The second kappa shape index (κ2) is 15.6.